The molecule has 3 heterocycles. The standard InChI is InChI=1S/C20H33N5O4/c1-28-10-9-25-20(27)14-18(15-22-25)24-5-2-3-17(16-24)13-19(26)21-4-6-23-7-11-29-12-8-23/h14-15,17H,2-13,16H2,1H3,(H,21,26). The summed E-state index contributed by atoms with van der Waals surface area (Å²) in [6.45, 7) is 7.54. The summed E-state index contributed by atoms with van der Waals surface area (Å²) < 4.78 is 11.8. The van der Waals surface area contributed by atoms with E-state index in [4.69, 9.17) is 9.47 Å². The molecule has 0 aromatic carbocycles. The Bertz CT molecular complexity index is 704. The average molecular weight is 408 g/mol. The first-order valence-corrected chi connectivity index (χ1v) is 10.5. The van der Waals surface area contributed by atoms with Gasteiger partial charge in [0.15, 0.2) is 0 Å². The van der Waals surface area contributed by atoms with Gasteiger partial charge in [-0.05, 0) is 18.8 Å². The molecule has 1 N–H and O–H groups in total. The molecule has 1 amide bonds. The van der Waals surface area contributed by atoms with Gasteiger partial charge in [0.05, 0.1) is 38.2 Å². The second kappa shape index (κ2) is 11.3. The van der Waals surface area contributed by atoms with Crippen molar-refractivity contribution in [3.8, 4) is 0 Å². The zero-order valence-corrected chi connectivity index (χ0v) is 17.3. The maximum Gasteiger partial charge on any atom is 0.268 e. The minimum absolute atomic E-state index is 0.109. The lowest BCUT2D eigenvalue weighted by atomic mass is 9.94. The van der Waals surface area contributed by atoms with Crippen molar-refractivity contribution in [1.29, 1.82) is 0 Å². The highest BCUT2D eigenvalue weighted by Crippen LogP contribution is 2.23. The maximum atomic E-state index is 12.3. The van der Waals surface area contributed by atoms with Gasteiger partial charge < -0.3 is 19.7 Å². The van der Waals surface area contributed by atoms with E-state index in [2.05, 4.69) is 20.2 Å². The number of rotatable bonds is 9. The normalized spacial score (nSPS) is 20.6. The molecular weight excluding hydrogens is 374 g/mol. The number of carbonyl (C=O) groups is 1. The van der Waals surface area contributed by atoms with Gasteiger partial charge >= 0.3 is 0 Å². The molecule has 2 fully saturated rings. The Hall–Kier alpha value is -1.97. The Morgan fingerprint density at radius 3 is 2.90 bits per heavy atom. The van der Waals surface area contributed by atoms with E-state index in [0.717, 1.165) is 64.5 Å². The summed E-state index contributed by atoms with van der Waals surface area (Å²) in [7, 11) is 1.60. The van der Waals surface area contributed by atoms with Crippen LogP contribution in [0.3, 0.4) is 0 Å². The number of carbonyl (C=O) groups excluding carboxylic acids is 1. The van der Waals surface area contributed by atoms with Crippen molar-refractivity contribution in [3.05, 3.63) is 22.6 Å². The molecule has 1 aromatic heterocycles. The number of nitrogens with zero attached hydrogens (tertiary/aromatic N) is 4. The number of methoxy groups -OCH3 is 1. The van der Waals surface area contributed by atoms with E-state index in [1.165, 1.54) is 4.68 Å². The van der Waals surface area contributed by atoms with Crippen molar-refractivity contribution in [2.45, 2.75) is 25.8 Å². The van der Waals surface area contributed by atoms with Gasteiger partial charge in [-0.15, -0.1) is 0 Å². The highest BCUT2D eigenvalue weighted by atomic mass is 16.5. The van der Waals surface area contributed by atoms with Crippen LogP contribution >= 0.6 is 0 Å². The van der Waals surface area contributed by atoms with E-state index in [1.807, 2.05) is 0 Å². The van der Waals surface area contributed by atoms with E-state index < -0.39 is 0 Å². The second-order valence-corrected chi connectivity index (χ2v) is 7.73. The number of aromatic nitrogens is 2. The summed E-state index contributed by atoms with van der Waals surface area (Å²) in [6, 6.07) is 1.63. The Morgan fingerprint density at radius 2 is 2.14 bits per heavy atom. The lowest BCUT2D eigenvalue weighted by Gasteiger charge is -2.34. The first-order chi connectivity index (χ1) is 14.2. The smallest absolute Gasteiger partial charge is 0.268 e. The van der Waals surface area contributed by atoms with Crippen molar-refractivity contribution in [1.82, 2.24) is 20.0 Å². The molecule has 2 saturated heterocycles. The van der Waals surface area contributed by atoms with Gasteiger partial charge in [-0.1, -0.05) is 0 Å². The number of nitrogens with one attached hydrogen (secondary N) is 1. The van der Waals surface area contributed by atoms with E-state index in [0.29, 0.717) is 32.0 Å². The van der Waals surface area contributed by atoms with Crippen molar-refractivity contribution in [3.63, 3.8) is 0 Å². The molecule has 2 aliphatic rings. The lowest BCUT2D eigenvalue weighted by molar-refractivity contribution is -0.122. The van der Waals surface area contributed by atoms with Crippen LogP contribution in [0.4, 0.5) is 5.69 Å². The van der Waals surface area contributed by atoms with Crippen molar-refractivity contribution >= 4 is 11.6 Å². The second-order valence-electron chi connectivity index (χ2n) is 7.73. The fourth-order valence-electron chi connectivity index (χ4n) is 3.92. The zero-order chi connectivity index (χ0) is 20.5. The van der Waals surface area contributed by atoms with E-state index in [-0.39, 0.29) is 11.5 Å². The van der Waals surface area contributed by atoms with Gasteiger partial charge in [-0.2, -0.15) is 5.10 Å². The predicted octanol–water partition coefficient (Wildman–Crippen LogP) is -0.0554. The van der Waals surface area contributed by atoms with Gasteiger partial charge in [0.2, 0.25) is 5.91 Å². The predicted molar refractivity (Wildman–Crippen MR) is 110 cm³/mol. The summed E-state index contributed by atoms with van der Waals surface area (Å²) >= 11 is 0. The average Bonchev–Trinajstić information content (AvgIpc) is 2.74. The molecule has 9 heteroatoms. The molecule has 1 atom stereocenters. The SMILES string of the molecule is COCCn1ncc(N2CCCC(CC(=O)NCCN3CCOCC3)C2)cc1=O. The fourth-order valence-corrected chi connectivity index (χ4v) is 3.92. The number of hydrogen-bond acceptors (Lipinski definition) is 7. The summed E-state index contributed by atoms with van der Waals surface area (Å²) in [5.74, 6) is 0.404. The molecule has 162 valence electrons. The van der Waals surface area contributed by atoms with E-state index in [1.54, 1.807) is 19.4 Å². The Kier molecular flexibility index (Phi) is 8.45. The first-order valence-electron chi connectivity index (χ1n) is 10.5. The highest BCUT2D eigenvalue weighted by Gasteiger charge is 2.23. The van der Waals surface area contributed by atoms with Crippen LogP contribution in [0.15, 0.2) is 17.1 Å². The zero-order valence-electron chi connectivity index (χ0n) is 17.3. The van der Waals surface area contributed by atoms with Crippen LogP contribution in [0.25, 0.3) is 0 Å². The molecule has 1 aromatic rings. The van der Waals surface area contributed by atoms with Crippen LogP contribution in [0, 0.1) is 5.92 Å². The maximum absolute atomic E-state index is 12.3. The Morgan fingerprint density at radius 1 is 1.31 bits per heavy atom. The van der Waals surface area contributed by atoms with Gasteiger partial charge in [0.1, 0.15) is 0 Å². The van der Waals surface area contributed by atoms with E-state index >= 15 is 0 Å². The van der Waals surface area contributed by atoms with Crippen LogP contribution in [0.1, 0.15) is 19.3 Å². The topological polar surface area (TPSA) is 88.9 Å². The molecule has 3 rings (SSSR count). The molecule has 1 unspecified atom stereocenters. The molecule has 2 aliphatic heterocycles. The third-order valence-electron chi connectivity index (χ3n) is 5.57. The van der Waals surface area contributed by atoms with Gasteiger partial charge in [0.25, 0.3) is 5.56 Å². The third-order valence-corrected chi connectivity index (χ3v) is 5.57. The fraction of sp³-hybridized carbons (Fsp3) is 0.750. The van der Waals surface area contributed by atoms with Crippen LogP contribution in [-0.4, -0.2) is 86.8 Å². The molecule has 0 aliphatic carbocycles. The van der Waals surface area contributed by atoms with Crippen LogP contribution < -0.4 is 15.8 Å². The number of anilines is 1. The number of hydrogen-bond donors (Lipinski definition) is 1. The number of piperidine rings is 1. The Labute approximate surface area is 171 Å². The van der Waals surface area contributed by atoms with Crippen molar-refractivity contribution < 1.29 is 14.3 Å². The van der Waals surface area contributed by atoms with Crippen molar-refractivity contribution in [2.24, 2.45) is 5.92 Å². The molecule has 0 bridgehead atoms. The molecule has 0 saturated carbocycles. The monoisotopic (exact) mass is 407 g/mol. The van der Waals surface area contributed by atoms with Crippen molar-refractivity contribution in [2.75, 3.05) is 71.1 Å². The largest absolute Gasteiger partial charge is 0.383 e. The van der Waals surface area contributed by atoms with Gasteiger partial charge in [-0.25, -0.2) is 4.68 Å². The minimum Gasteiger partial charge on any atom is -0.383 e. The first kappa shape index (κ1) is 21.7. The molecule has 9 nitrogen and oxygen atoms in total. The minimum atomic E-state index is -0.123. The summed E-state index contributed by atoms with van der Waals surface area (Å²) in [5, 5.41) is 7.30. The van der Waals surface area contributed by atoms with Gasteiger partial charge in [-0.3, -0.25) is 14.5 Å². The molecule has 29 heavy (non-hydrogen) atoms. The number of amides is 1. The number of morpholine rings is 1. The van der Waals surface area contributed by atoms with Crippen LogP contribution in [-0.2, 0) is 20.8 Å². The summed E-state index contributed by atoms with van der Waals surface area (Å²) in [6.07, 6.45) is 4.31. The number of ether oxygens (including phenoxy) is 2. The van der Waals surface area contributed by atoms with E-state index in [9.17, 15) is 9.59 Å². The van der Waals surface area contributed by atoms with Gasteiger partial charge in [0, 0.05) is 58.9 Å². The summed E-state index contributed by atoms with van der Waals surface area (Å²) in [4.78, 5) is 29.1. The van der Waals surface area contributed by atoms with Crippen LogP contribution in [0.5, 0.6) is 0 Å². The Balaban J connectivity index is 1.44. The van der Waals surface area contributed by atoms with Crippen LogP contribution in [0.2, 0.25) is 0 Å². The third kappa shape index (κ3) is 6.80. The lowest BCUT2D eigenvalue weighted by Crippen LogP contribution is -2.42. The molecule has 0 radical (unpaired) electrons. The molecule has 0 spiro atoms. The summed E-state index contributed by atoms with van der Waals surface area (Å²) in [5.41, 5.74) is 0.712. The molecular formula is C20H33N5O4. The highest BCUT2D eigenvalue weighted by molar-refractivity contribution is 5.76. The quantitative estimate of drug-likeness (QED) is 0.614.